The molecular formula is C37H40O7. The minimum atomic E-state index is -2.70. The van der Waals surface area contributed by atoms with Gasteiger partial charge in [0.2, 0.25) is 0 Å². The van der Waals surface area contributed by atoms with Gasteiger partial charge in [-0.1, -0.05) is 58.0 Å². The standard InChI is InChI=1S/C37H40O7/c1-7-8-9-10-11-22-12-14-23(15-13-22)24-16-17-26(39)28-25(24)18-35(5)19-36(6)29(20(2)3)31(40)27(21(4)38)33(42)37(36,44)34(43)30(35)32(28)41/h1,12-17,20,27,29-30,39,44H,8-11,18-19H2,2-6H3/t27?,29?,30?,35-,36-,37+/m1/s1. The minimum absolute atomic E-state index is 0.00625. The van der Waals surface area contributed by atoms with E-state index in [-0.39, 0.29) is 24.2 Å². The molecule has 0 spiro atoms. The van der Waals surface area contributed by atoms with E-state index in [1.807, 2.05) is 24.3 Å². The van der Waals surface area contributed by atoms with Crippen molar-refractivity contribution >= 4 is 28.9 Å². The summed E-state index contributed by atoms with van der Waals surface area (Å²) in [5.74, 6) is -6.28. The molecule has 0 heterocycles. The molecule has 2 aromatic rings. The number of carbonyl (C=O) groups excluding carboxylic acids is 5. The quantitative estimate of drug-likeness (QED) is 0.259. The molecule has 6 atom stereocenters. The molecule has 0 radical (unpaired) electrons. The van der Waals surface area contributed by atoms with E-state index in [9.17, 15) is 34.2 Å². The molecule has 7 nitrogen and oxygen atoms in total. The highest BCUT2D eigenvalue weighted by atomic mass is 16.3. The summed E-state index contributed by atoms with van der Waals surface area (Å²) in [5, 5.41) is 23.1. The Bertz CT molecular complexity index is 1630. The third-order valence-electron chi connectivity index (χ3n) is 10.6. The van der Waals surface area contributed by atoms with Gasteiger partial charge in [0.15, 0.2) is 28.7 Å². The molecule has 2 saturated carbocycles. The van der Waals surface area contributed by atoms with Crippen molar-refractivity contribution in [2.45, 2.75) is 78.7 Å². The zero-order chi connectivity index (χ0) is 32.4. The number of aliphatic hydroxyl groups is 1. The summed E-state index contributed by atoms with van der Waals surface area (Å²) < 4.78 is 0. The summed E-state index contributed by atoms with van der Waals surface area (Å²) >= 11 is 0. The van der Waals surface area contributed by atoms with E-state index >= 15 is 0 Å². The number of benzene rings is 2. The molecular weight excluding hydrogens is 556 g/mol. The van der Waals surface area contributed by atoms with Crippen molar-refractivity contribution in [2.75, 3.05) is 0 Å². The number of aromatic hydroxyl groups is 1. The second-order valence-corrected chi connectivity index (χ2v) is 13.9. The molecule has 230 valence electrons. The summed E-state index contributed by atoms with van der Waals surface area (Å²) in [6.45, 7) is 8.02. The number of ketones is 5. The lowest BCUT2D eigenvalue weighted by Crippen LogP contribution is -2.76. The summed E-state index contributed by atoms with van der Waals surface area (Å²) in [4.78, 5) is 68.7. The first-order chi connectivity index (χ1) is 20.6. The molecule has 0 bridgehead atoms. The van der Waals surface area contributed by atoms with Gasteiger partial charge in [-0.2, -0.15) is 0 Å². The van der Waals surface area contributed by atoms with Crippen LogP contribution in [0.3, 0.4) is 0 Å². The van der Waals surface area contributed by atoms with E-state index in [0.29, 0.717) is 5.56 Å². The number of phenolic OH excluding ortho intramolecular Hbond substituents is 1. The van der Waals surface area contributed by atoms with Crippen LogP contribution < -0.4 is 0 Å². The van der Waals surface area contributed by atoms with Crippen molar-refractivity contribution in [3.05, 3.63) is 53.1 Å². The summed E-state index contributed by atoms with van der Waals surface area (Å²) in [6.07, 6.45) is 9.13. The smallest absolute Gasteiger partial charge is 0.190 e. The third-order valence-corrected chi connectivity index (χ3v) is 10.6. The Morgan fingerprint density at radius 2 is 1.68 bits per heavy atom. The van der Waals surface area contributed by atoms with Gasteiger partial charge in [0.1, 0.15) is 17.5 Å². The number of hydrogen-bond acceptors (Lipinski definition) is 7. The highest BCUT2D eigenvalue weighted by Gasteiger charge is 2.76. The molecule has 3 aliphatic carbocycles. The van der Waals surface area contributed by atoms with Gasteiger partial charge in [0.25, 0.3) is 0 Å². The molecule has 0 aliphatic heterocycles. The Labute approximate surface area is 258 Å². The van der Waals surface area contributed by atoms with E-state index < -0.39 is 69.0 Å². The predicted octanol–water partition coefficient (Wildman–Crippen LogP) is 5.11. The van der Waals surface area contributed by atoms with E-state index in [0.717, 1.165) is 49.3 Å². The minimum Gasteiger partial charge on any atom is -0.507 e. The van der Waals surface area contributed by atoms with Crippen LogP contribution in [-0.4, -0.2) is 44.7 Å². The maximum absolute atomic E-state index is 14.4. The van der Waals surface area contributed by atoms with Crippen molar-refractivity contribution in [1.29, 1.82) is 0 Å². The fraction of sp³-hybridized carbons (Fsp3) is 0.486. The van der Waals surface area contributed by atoms with E-state index in [4.69, 9.17) is 6.42 Å². The normalized spacial score (nSPS) is 31.3. The number of terminal acetylenes is 1. The van der Waals surface area contributed by atoms with Crippen LogP contribution in [0.2, 0.25) is 0 Å². The zero-order valence-electron chi connectivity index (χ0n) is 26.0. The molecule has 44 heavy (non-hydrogen) atoms. The first-order valence-corrected chi connectivity index (χ1v) is 15.4. The monoisotopic (exact) mass is 596 g/mol. The van der Waals surface area contributed by atoms with Crippen molar-refractivity contribution < 1.29 is 34.2 Å². The molecule has 3 unspecified atom stereocenters. The van der Waals surface area contributed by atoms with Crippen LogP contribution in [0.1, 0.15) is 81.8 Å². The first kappa shape index (κ1) is 31.5. The zero-order valence-corrected chi connectivity index (χ0v) is 26.0. The van der Waals surface area contributed by atoms with Gasteiger partial charge in [-0.15, -0.1) is 12.3 Å². The van der Waals surface area contributed by atoms with Crippen LogP contribution in [0.25, 0.3) is 11.1 Å². The Morgan fingerprint density at radius 1 is 1.02 bits per heavy atom. The van der Waals surface area contributed by atoms with Crippen LogP contribution in [0, 0.1) is 46.8 Å². The Hall–Kier alpha value is -3.89. The maximum atomic E-state index is 14.4. The van der Waals surface area contributed by atoms with Crippen LogP contribution >= 0.6 is 0 Å². The Morgan fingerprint density at radius 3 is 2.27 bits per heavy atom. The van der Waals surface area contributed by atoms with E-state index in [1.54, 1.807) is 33.8 Å². The second-order valence-electron chi connectivity index (χ2n) is 13.9. The third kappa shape index (κ3) is 4.41. The highest BCUT2D eigenvalue weighted by Crippen LogP contribution is 2.64. The lowest BCUT2D eigenvalue weighted by atomic mass is 9.40. The lowest BCUT2D eigenvalue weighted by molar-refractivity contribution is -0.205. The topological polar surface area (TPSA) is 126 Å². The molecule has 2 aromatic carbocycles. The number of hydrogen-bond donors (Lipinski definition) is 2. The lowest BCUT2D eigenvalue weighted by Gasteiger charge is -2.61. The van der Waals surface area contributed by atoms with Crippen LogP contribution in [0.5, 0.6) is 5.75 Å². The van der Waals surface area contributed by atoms with Gasteiger partial charge in [0.05, 0.1) is 11.5 Å². The highest BCUT2D eigenvalue weighted by molar-refractivity contribution is 6.32. The van der Waals surface area contributed by atoms with Crippen LogP contribution in [0.4, 0.5) is 0 Å². The largest absolute Gasteiger partial charge is 0.507 e. The molecule has 3 aliphatic rings. The van der Waals surface area contributed by atoms with E-state index in [1.165, 1.54) is 6.07 Å². The number of carbonyl (C=O) groups is 5. The maximum Gasteiger partial charge on any atom is 0.190 e. The average molecular weight is 597 g/mol. The van der Waals surface area contributed by atoms with E-state index in [2.05, 4.69) is 5.92 Å². The van der Waals surface area contributed by atoms with Gasteiger partial charge in [-0.25, -0.2) is 0 Å². The number of unbranched alkanes of at least 4 members (excludes halogenated alkanes) is 2. The summed E-state index contributed by atoms with van der Waals surface area (Å²) in [6, 6.07) is 11.2. The Balaban J connectivity index is 1.62. The van der Waals surface area contributed by atoms with Gasteiger partial charge in [0, 0.05) is 17.8 Å². The molecule has 7 heteroatoms. The predicted molar refractivity (Wildman–Crippen MR) is 165 cm³/mol. The number of fused-ring (bicyclic) bond motifs is 3. The molecule has 0 amide bonds. The number of rotatable bonds is 7. The van der Waals surface area contributed by atoms with Crippen molar-refractivity contribution in [2.24, 2.45) is 34.5 Å². The average Bonchev–Trinajstić information content (AvgIpc) is 2.93. The van der Waals surface area contributed by atoms with Crippen molar-refractivity contribution in [3.63, 3.8) is 0 Å². The van der Waals surface area contributed by atoms with Gasteiger partial charge in [-0.3, -0.25) is 24.0 Å². The number of phenols is 1. The summed E-state index contributed by atoms with van der Waals surface area (Å²) in [5.41, 5.74) is -1.97. The molecule has 0 saturated heterocycles. The van der Waals surface area contributed by atoms with Crippen LogP contribution in [-0.2, 0) is 32.0 Å². The molecule has 2 fully saturated rings. The van der Waals surface area contributed by atoms with Gasteiger partial charge in [-0.05, 0) is 78.7 Å². The van der Waals surface area contributed by atoms with Crippen molar-refractivity contribution in [1.82, 2.24) is 0 Å². The van der Waals surface area contributed by atoms with Gasteiger partial charge < -0.3 is 10.2 Å². The molecule has 0 aromatic heterocycles. The molecule has 5 rings (SSSR count). The fourth-order valence-electron chi connectivity index (χ4n) is 8.81. The summed E-state index contributed by atoms with van der Waals surface area (Å²) in [7, 11) is 0. The molecule has 2 N–H and O–H groups in total. The fourth-order valence-corrected chi connectivity index (χ4v) is 8.81. The van der Waals surface area contributed by atoms with Crippen LogP contribution in [0.15, 0.2) is 36.4 Å². The SMILES string of the molecule is C#CCCCCc1ccc(-c2ccc(O)c3c2C[C@]2(C)C[C@]4(C)C(C(C)C)C(=O)C(C(C)=O)C(=O)[C@]4(O)C(=O)C2C3=O)cc1. The Kier molecular flexibility index (Phi) is 7.83. The second kappa shape index (κ2) is 10.9. The van der Waals surface area contributed by atoms with Gasteiger partial charge >= 0.3 is 0 Å². The number of aryl methyl sites for hydroxylation is 1. The van der Waals surface area contributed by atoms with Crippen molar-refractivity contribution in [3.8, 4) is 29.2 Å². The first-order valence-electron chi connectivity index (χ1n) is 15.4. The number of Topliss-reactive ketones (excluding diaryl/α,β-unsaturated/α-hetero) is 5.